The Morgan fingerprint density at radius 2 is 1.74 bits per heavy atom. The maximum atomic E-state index is 13.0. The van der Waals surface area contributed by atoms with Gasteiger partial charge < -0.3 is 15.2 Å². The highest BCUT2D eigenvalue weighted by molar-refractivity contribution is 7.80. The Hall–Kier alpha value is -3.41. The van der Waals surface area contributed by atoms with Crippen molar-refractivity contribution < 1.29 is 19.1 Å². The molecule has 2 aromatic carbocycles. The van der Waals surface area contributed by atoms with Gasteiger partial charge in [0, 0.05) is 4.90 Å². The second kappa shape index (κ2) is 9.16. The predicted octanol–water partition coefficient (Wildman–Crippen LogP) is 3.53. The third-order valence-corrected chi connectivity index (χ3v) is 5.47. The average Bonchev–Trinajstić information content (AvgIpc) is 2.78. The number of methoxy groups -OCH3 is 2. The van der Waals surface area contributed by atoms with Gasteiger partial charge in [-0.3, -0.25) is 4.90 Å². The van der Waals surface area contributed by atoms with Crippen molar-refractivity contribution in [3.8, 4) is 6.07 Å². The number of nitrogens with zero attached hydrogens (tertiary/aromatic N) is 2. The summed E-state index contributed by atoms with van der Waals surface area (Å²) in [7, 11) is 2.36. The van der Waals surface area contributed by atoms with Crippen LogP contribution in [0.3, 0.4) is 0 Å². The quantitative estimate of drug-likeness (QED) is 0.536. The molecule has 2 N–H and O–H groups in total. The number of benzene rings is 2. The maximum Gasteiger partial charge on any atom is 0.355 e. The van der Waals surface area contributed by atoms with Crippen LogP contribution in [0.2, 0.25) is 5.02 Å². The molecule has 2 aromatic rings. The summed E-state index contributed by atoms with van der Waals surface area (Å²) in [6, 6.07) is 15.7. The van der Waals surface area contributed by atoms with Crippen LogP contribution < -0.4 is 10.6 Å². The third kappa shape index (κ3) is 3.85. The lowest BCUT2D eigenvalue weighted by molar-refractivity contribution is -0.139. The second-order valence-electron chi connectivity index (χ2n) is 6.44. The standard InChI is InChI=1S/C22H18ClN3O4S/c1-29-21(27)17-16(12-7-4-3-5-8-12)13(11-24)20(25)26(19(17)22(28)30-2)18-14(23)9-6-10-15(18)31/h3-10,16,31H,25H2,1-2H3. The second-order valence-corrected chi connectivity index (χ2v) is 7.33. The van der Waals surface area contributed by atoms with E-state index in [9.17, 15) is 14.9 Å². The number of rotatable bonds is 4. The molecule has 0 spiro atoms. The van der Waals surface area contributed by atoms with E-state index < -0.39 is 17.9 Å². The highest BCUT2D eigenvalue weighted by Gasteiger charge is 2.43. The van der Waals surface area contributed by atoms with Crippen LogP contribution in [0.15, 0.2) is 76.1 Å². The summed E-state index contributed by atoms with van der Waals surface area (Å²) < 4.78 is 9.96. The fourth-order valence-corrected chi connectivity index (χ4v) is 4.10. The van der Waals surface area contributed by atoms with Crippen LogP contribution in [-0.2, 0) is 19.1 Å². The molecule has 1 unspecified atom stereocenters. The van der Waals surface area contributed by atoms with Gasteiger partial charge in [0.25, 0.3) is 0 Å². The molecule has 3 rings (SSSR count). The Kier molecular flexibility index (Phi) is 6.59. The molecule has 0 amide bonds. The van der Waals surface area contributed by atoms with Gasteiger partial charge in [0.05, 0.1) is 48.1 Å². The number of nitrogens with two attached hydrogens (primary N) is 1. The van der Waals surface area contributed by atoms with E-state index in [0.717, 1.165) is 0 Å². The molecule has 9 heteroatoms. The van der Waals surface area contributed by atoms with E-state index in [-0.39, 0.29) is 33.4 Å². The summed E-state index contributed by atoms with van der Waals surface area (Å²) in [5, 5.41) is 10.2. The number of esters is 2. The molecule has 158 valence electrons. The zero-order valence-electron chi connectivity index (χ0n) is 16.6. The number of hydrogen-bond acceptors (Lipinski definition) is 8. The number of anilines is 1. The van der Waals surface area contributed by atoms with Gasteiger partial charge in [0.15, 0.2) is 0 Å². The minimum atomic E-state index is -0.949. The first-order valence-electron chi connectivity index (χ1n) is 9.00. The summed E-state index contributed by atoms with van der Waals surface area (Å²) in [5.74, 6) is -2.69. The molecular weight excluding hydrogens is 438 g/mol. The normalized spacial score (nSPS) is 16.1. The van der Waals surface area contributed by atoms with E-state index >= 15 is 0 Å². The van der Waals surface area contributed by atoms with Gasteiger partial charge in [-0.2, -0.15) is 5.26 Å². The first-order valence-corrected chi connectivity index (χ1v) is 9.82. The molecule has 31 heavy (non-hydrogen) atoms. The molecule has 0 radical (unpaired) electrons. The van der Waals surface area contributed by atoms with Crippen LogP contribution in [0.25, 0.3) is 0 Å². The highest BCUT2D eigenvalue weighted by atomic mass is 35.5. The molecule has 1 heterocycles. The minimum absolute atomic E-state index is 0.0481. The van der Waals surface area contributed by atoms with Crippen LogP contribution >= 0.6 is 24.2 Å². The maximum absolute atomic E-state index is 13.0. The van der Waals surface area contributed by atoms with Crippen LogP contribution in [0.1, 0.15) is 11.5 Å². The Morgan fingerprint density at radius 1 is 1.10 bits per heavy atom. The number of carbonyl (C=O) groups excluding carboxylic acids is 2. The van der Waals surface area contributed by atoms with Gasteiger partial charge >= 0.3 is 11.9 Å². The highest BCUT2D eigenvalue weighted by Crippen LogP contribution is 2.46. The van der Waals surface area contributed by atoms with E-state index in [1.807, 2.05) is 0 Å². The SMILES string of the molecule is COC(=O)C1=C(C(=O)OC)N(c2c(S)cccc2Cl)C(N)=C(C#N)C1c1ccccc1. The molecular formula is C22H18ClN3O4S. The van der Waals surface area contributed by atoms with Crippen molar-refractivity contribution in [2.45, 2.75) is 10.8 Å². The molecule has 0 bridgehead atoms. The fourth-order valence-electron chi connectivity index (χ4n) is 3.47. The van der Waals surface area contributed by atoms with E-state index in [0.29, 0.717) is 10.5 Å². The molecule has 1 atom stereocenters. The van der Waals surface area contributed by atoms with E-state index in [2.05, 4.69) is 18.7 Å². The zero-order chi connectivity index (χ0) is 22.7. The Balaban J connectivity index is 2.47. The molecule has 7 nitrogen and oxygen atoms in total. The van der Waals surface area contributed by atoms with Crippen molar-refractivity contribution >= 4 is 41.9 Å². The summed E-state index contributed by atoms with van der Waals surface area (Å²) in [5.41, 5.74) is 6.96. The van der Waals surface area contributed by atoms with Gasteiger partial charge in [-0.05, 0) is 17.7 Å². The lowest BCUT2D eigenvalue weighted by Crippen LogP contribution is -2.41. The number of nitriles is 1. The summed E-state index contributed by atoms with van der Waals surface area (Å²) in [4.78, 5) is 27.5. The van der Waals surface area contributed by atoms with Gasteiger partial charge in [0.1, 0.15) is 11.5 Å². The number of thiol groups is 1. The minimum Gasteiger partial charge on any atom is -0.466 e. The number of halogens is 1. The van der Waals surface area contributed by atoms with Gasteiger partial charge in [-0.1, -0.05) is 48.0 Å². The number of allylic oxidation sites excluding steroid dienone is 1. The topological polar surface area (TPSA) is 106 Å². The smallest absolute Gasteiger partial charge is 0.355 e. The van der Waals surface area contributed by atoms with Gasteiger partial charge in [-0.15, -0.1) is 12.6 Å². The van der Waals surface area contributed by atoms with Crippen molar-refractivity contribution in [2.75, 3.05) is 19.1 Å². The Morgan fingerprint density at radius 3 is 2.29 bits per heavy atom. The first-order chi connectivity index (χ1) is 14.9. The fraction of sp³-hybridized carbons (Fsp3) is 0.136. The molecule has 1 aliphatic heterocycles. The van der Waals surface area contributed by atoms with Crippen LogP contribution in [-0.4, -0.2) is 26.2 Å². The molecule has 0 fully saturated rings. The van der Waals surface area contributed by atoms with Crippen molar-refractivity contribution in [1.82, 2.24) is 0 Å². The van der Waals surface area contributed by atoms with Crippen LogP contribution in [0.4, 0.5) is 5.69 Å². The van der Waals surface area contributed by atoms with E-state index in [4.69, 9.17) is 26.8 Å². The average molecular weight is 456 g/mol. The Labute approximate surface area is 189 Å². The molecule has 0 saturated carbocycles. The van der Waals surface area contributed by atoms with E-state index in [1.54, 1.807) is 48.5 Å². The Bertz CT molecular complexity index is 1130. The largest absolute Gasteiger partial charge is 0.466 e. The molecule has 0 saturated heterocycles. The first kappa shape index (κ1) is 22.3. The predicted molar refractivity (Wildman–Crippen MR) is 118 cm³/mol. The third-order valence-electron chi connectivity index (χ3n) is 4.80. The lowest BCUT2D eigenvalue weighted by atomic mass is 9.81. The van der Waals surface area contributed by atoms with Crippen molar-refractivity contribution in [3.05, 3.63) is 81.8 Å². The number of para-hydroxylation sites is 1. The number of hydrogen-bond donors (Lipinski definition) is 2. The lowest BCUT2D eigenvalue weighted by Gasteiger charge is -2.36. The van der Waals surface area contributed by atoms with E-state index in [1.165, 1.54) is 19.1 Å². The monoisotopic (exact) mass is 455 g/mol. The van der Waals surface area contributed by atoms with Crippen molar-refractivity contribution in [3.63, 3.8) is 0 Å². The summed E-state index contributed by atoms with van der Waals surface area (Å²) >= 11 is 10.8. The van der Waals surface area contributed by atoms with Crippen molar-refractivity contribution in [2.24, 2.45) is 5.73 Å². The van der Waals surface area contributed by atoms with Crippen LogP contribution in [0.5, 0.6) is 0 Å². The molecule has 1 aliphatic rings. The zero-order valence-corrected chi connectivity index (χ0v) is 18.3. The van der Waals surface area contributed by atoms with Crippen molar-refractivity contribution in [1.29, 1.82) is 5.26 Å². The van der Waals surface area contributed by atoms with Gasteiger partial charge in [-0.25, -0.2) is 9.59 Å². The summed E-state index contributed by atoms with van der Waals surface area (Å²) in [6.07, 6.45) is 0. The molecule has 0 aliphatic carbocycles. The number of carbonyl (C=O) groups is 2. The summed E-state index contributed by atoms with van der Waals surface area (Å²) in [6.45, 7) is 0. The van der Waals surface area contributed by atoms with Crippen LogP contribution in [0, 0.1) is 11.3 Å². The molecule has 0 aromatic heterocycles. The number of ether oxygens (including phenoxy) is 2. The van der Waals surface area contributed by atoms with Gasteiger partial charge in [0.2, 0.25) is 0 Å².